The molecule has 0 aliphatic carbocycles. The molecule has 2 aliphatic heterocycles. The largest absolute Gasteiger partial charge is 0.354 e. The van der Waals surface area contributed by atoms with E-state index in [0.717, 1.165) is 44.0 Å². The lowest BCUT2D eigenvalue weighted by Gasteiger charge is -2.35. The molecule has 1 amide bonds. The molecule has 6 heteroatoms. The Kier molecular flexibility index (Phi) is 3.82. The van der Waals surface area contributed by atoms with Gasteiger partial charge in [0.2, 0.25) is 11.9 Å². The number of carbonyl (C=O) groups is 1. The summed E-state index contributed by atoms with van der Waals surface area (Å²) in [4.78, 5) is 22.9. The number of nitrogens with zero attached hydrogens (tertiary/aromatic N) is 3. The first-order valence-electron chi connectivity index (χ1n) is 7.35. The monoisotopic (exact) mass is 275 g/mol. The molecule has 6 nitrogen and oxygen atoms in total. The van der Waals surface area contributed by atoms with E-state index in [9.17, 15) is 4.79 Å². The number of aromatic nitrogens is 2. The standard InChI is InChI=1S/C14H21N5O/c1-2-15-6-10-7-17-14(18-8-10)19-5-3-4-11-12(19)9-16-13(11)20/h7-8,11-12,15H,2-6,9H2,1H3,(H,16,20). The van der Waals surface area contributed by atoms with E-state index < -0.39 is 0 Å². The molecule has 2 unspecified atom stereocenters. The summed E-state index contributed by atoms with van der Waals surface area (Å²) in [6.45, 7) is 5.45. The lowest BCUT2D eigenvalue weighted by atomic mass is 9.92. The molecule has 3 heterocycles. The van der Waals surface area contributed by atoms with Crippen LogP contribution in [0.5, 0.6) is 0 Å². The molecule has 0 aromatic carbocycles. The number of hydrogen-bond donors (Lipinski definition) is 2. The zero-order valence-corrected chi connectivity index (χ0v) is 11.8. The fraction of sp³-hybridized carbons (Fsp3) is 0.643. The van der Waals surface area contributed by atoms with E-state index in [-0.39, 0.29) is 17.9 Å². The molecule has 2 atom stereocenters. The number of rotatable bonds is 4. The maximum absolute atomic E-state index is 11.8. The average Bonchev–Trinajstić information content (AvgIpc) is 2.87. The van der Waals surface area contributed by atoms with Crippen LogP contribution in [0.3, 0.4) is 0 Å². The van der Waals surface area contributed by atoms with Gasteiger partial charge >= 0.3 is 0 Å². The average molecular weight is 275 g/mol. The van der Waals surface area contributed by atoms with Crippen molar-refractivity contribution in [3.8, 4) is 0 Å². The minimum Gasteiger partial charge on any atom is -0.354 e. The van der Waals surface area contributed by atoms with E-state index in [1.807, 2.05) is 12.4 Å². The van der Waals surface area contributed by atoms with Crippen molar-refractivity contribution in [1.29, 1.82) is 0 Å². The summed E-state index contributed by atoms with van der Waals surface area (Å²) in [7, 11) is 0. The van der Waals surface area contributed by atoms with Gasteiger partial charge in [-0.3, -0.25) is 4.79 Å². The van der Waals surface area contributed by atoms with Crippen molar-refractivity contribution in [2.45, 2.75) is 32.4 Å². The van der Waals surface area contributed by atoms with Crippen LogP contribution < -0.4 is 15.5 Å². The summed E-state index contributed by atoms with van der Waals surface area (Å²) in [6, 6.07) is 0.218. The molecule has 2 N–H and O–H groups in total. The first-order chi connectivity index (χ1) is 9.79. The van der Waals surface area contributed by atoms with Crippen LogP contribution in [-0.4, -0.2) is 41.6 Å². The Labute approximate surface area is 119 Å². The van der Waals surface area contributed by atoms with E-state index in [1.54, 1.807) is 0 Å². The summed E-state index contributed by atoms with van der Waals surface area (Å²) < 4.78 is 0. The summed E-state index contributed by atoms with van der Waals surface area (Å²) in [5.74, 6) is 1.04. The maximum Gasteiger partial charge on any atom is 0.225 e. The smallest absolute Gasteiger partial charge is 0.225 e. The van der Waals surface area contributed by atoms with Crippen molar-refractivity contribution in [1.82, 2.24) is 20.6 Å². The third kappa shape index (κ3) is 2.47. The molecule has 3 rings (SSSR count). The number of anilines is 1. The Morgan fingerprint density at radius 3 is 3.00 bits per heavy atom. The lowest BCUT2D eigenvalue weighted by molar-refractivity contribution is -0.123. The van der Waals surface area contributed by atoms with Gasteiger partial charge in [0, 0.05) is 37.6 Å². The number of nitrogens with one attached hydrogen (secondary N) is 2. The fourth-order valence-corrected chi connectivity index (χ4v) is 3.06. The van der Waals surface area contributed by atoms with E-state index in [0.29, 0.717) is 6.54 Å². The van der Waals surface area contributed by atoms with Crippen molar-refractivity contribution in [3.05, 3.63) is 18.0 Å². The van der Waals surface area contributed by atoms with Gasteiger partial charge in [0.25, 0.3) is 0 Å². The zero-order chi connectivity index (χ0) is 13.9. The highest BCUT2D eigenvalue weighted by atomic mass is 16.2. The van der Waals surface area contributed by atoms with Crippen LogP contribution in [-0.2, 0) is 11.3 Å². The van der Waals surface area contributed by atoms with Gasteiger partial charge in [-0.05, 0) is 19.4 Å². The van der Waals surface area contributed by atoms with Crippen LogP contribution in [0, 0.1) is 5.92 Å². The third-order valence-corrected chi connectivity index (χ3v) is 4.13. The van der Waals surface area contributed by atoms with Gasteiger partial charge in [0.15, 0.2) is 0 Å². The van der Waals surface area contributed by atoms with E-state index in [1.165, 1.54) is 0 Å². The predicted molar refractivity (Wildman–Crippen MR) is 76.3 cm³/mol. The van der Waals surface area contributed by atoms with Crippen LogP contribution in [0.1, 0.15) is 25.3 Å². The van der Waals surface area contributed by atoms with Gasteiger partial charge in [-0.2, -0.15) is 0 Å². The molecular formula is C14H21N5O. The molecule has 1 aromatic rings. The SMILES string of the molecule is CCNCc1cnc(N2CCCC3C(=O)NCC32)nc1. The first kappa shape index (κ1) is 13.3. The van der Waals surface area contributed by atoms with Crippen LogP contribution in [0.4, 0.5) is 5.95 Å². The number of piperidine rings is 1. The number of carbonyl (C=O) groups excluding carboxylic acids is 1. The molecule has 20 heavy (non-hydrogen) atoms. The Balaban J connectivity index is 1.73. The minimum atomic E-state index is 0.105. The van der Waals surface area contributed by atoms with Crippen LogP contribution in [0.15, 0.2) is 12.4 Å². The highest BCUT2D eigenvalue weighted by molar-refractivity contribution is 5.82. The van der Waals surface area contributed by atoms with Crippen molar-refractivity contribution >= 4 is 11.9 Å². The molecule has 0 spiro atoms. The summed E-state index contributed by atoms with van der Waals surface area (Å²) in [6.07, 6.45) is 5.75. The van der Waals surface area contributed by atoms with Crippen molar-refractivity contribution in [2.24, 2.45) is 5.92 Å². The second-order valence-electron chi connectivity index (χ2n) is 5.43. The van der Waals surface area contributed by atoms with E-state index >= 15 is 0 Å². The highest BCUT2D eigenvalue weighted by Crippen LogP contribution is 2.29. The van der Waals surface area contributed by atoms with Crippen LogP contribution >= 0.6 is 0 Å². The van der Waals surface area contributed by atoms with Gasteiger partial charge in [-0.1, -0.05) is 6.92 Å². The highest BCUT2D eigenvalue weighted by Gasteiger charge is 2.41. The second kappa shape index (κ2) is 5.75. The number of fused-ring (bicyclic) bond motifs is 1. The van der Waals surface area contributed by atoms with Gasteiger partial charge < -0.3 is 15.5 Å². The van der Waals surface area contributed by atoms with E-state index in [4.69, 9.17) is 0 Å². The number of amides is 1. The van der Waals surface area contributed by atoms with Crippen molar-refractivity contribution in [2.75, 3.05) is 24.5 Å². The predicted octanol–water partition coefficient (Wildman–Crippen LogP) is 0.301. The second-order valence-corrected chi connectivity index (χ2v) is 5.43. The third-order valence-electron chi connectivity index (χ3n) is 4.13. The molecule has 2 saturated heterocycles. The quantitative estimate of drug-likeness (QED) is 0.827. The molecule has 108 valence electrons. The normalized spacial score (nSPS) is 25.4. The minimum absolute atomic E-state index is 0.105. The Morgan fingerprint density at radius 2 is 2.25 bits per heavy atom. The molecule has 1 aromatic heterocycles. The number of hydrogen-bond acceptors (Lipinski definition) is 5. The van der Waals surface area contributed by atoms with Gasteiger partial charge in [0.1, 0.15) is 0 Å². The topological polar surface area (TPSA) is 70.2 Å². The Hall–Kier alpha value is -1.69. The lowest BCUT2D eigenvalue weighted by Crippen LogP contribution is -2.46. The zero-order valence-electron chi connectivity index (χ0n) is 11.8. The van der Waals surface area contributed by atoms with Crippen LogP contribution in [0.25, 0.3) is 0 Å². The molecule has 2 fully saturated rings. The van der Waals surface area contributed by atoms with Crippen LogP contribution in [0.2, 0.25) is 0 Å². The Bertz CT molecular complexity index is 475. The first-order valence-corrected chi connectivity index (χ1v) is 7.35. The molecule has 0 radical (unpaired) electrons. The van der Waals surface area contributed by atoms with Gasteiger partial charge in [0.05, 0.1) is 12.0 Å². The Morgan fingerprint density at radius 1 is 1.45 bits per heavy atom. The van der Waals surface area contributed by atoms with Crippen molar-refractivity contribution < 1.29 is 4.79 Å². The summed E-state index contributed by atoms with van der Waals surface area (Å²) in [5.41, 5.74) is 1.09. The molecule has 2 aliphatic rings. The van der Waals surface area contributed by atoms with Gasteiger partial charge in [-0.15, -0.1) is 0 Å². The van der Waals surface area contributed by atoms with Gasteiger partial charge in [-0.25, -0.2) is 9.97 Å². The summed E-state index contributed by atoms with van der Waals surface area (Å²) in [5, 5.41) is 6.21. The summed E-state index contributed by atoms with van der Waals surface area (Å²) >= 11 is 0. The molecule has 0 saturated carbocycles. The van der Waals surface area contributed by atoms with E-state index in [2.05, 4.69) is 32.4 Å². The molecule has 0 bridgehead atoms. The molecular weight excluding hydrogens is 254 g/mol. The fourth-order valence-electron chi connectivity index (χ4n) is 3.06. The van der Waals surface area contributed by atoms with Crippen molar-refractivity contribution in [3.63, 3.8) is 0 Å². The maximum atomic E-state index is 11.8.